The molecule has 3 aliphatic rings. The van der Waals surface area contributed by atoms with Gasteiger partial charge in [0.1, 0.15) is 0 Å². The summed E-state index contributed by atoms with van der Waals surface area (Å²) in [6.45, 7) is 4.53. The largest absolute Gasteiger partial charge is 0.0911 e. The van der Waals surface area contributed by atoms with E-state index in [4.69, 9.17) is 0 Å². The third-order valence-electron chi connectivity index (χ3n) is 7.88. The number of hydrogen-bond donors (Lipinski definition) is 0. The summed E-state index contributed by atoms with van der Waals surface area (Å²) in [6.07, 6.45) is 15.3. The average molecular weight is 399 g/mol. The fourth-order valence-electron chi connectivity index (χ4n) is 5.55. The van der Waals surface area contributed by atoms with Crippen molar-refractivity contribution >= 4 is 0 Å². The highest BCUT2D eigenvalue weighted by molar-refractivity contribution is 5.39. The number of hydrogen-bond acceptors (Lipinski definition) is 0. The second kappa shape index (κ2) is 9.43. The standard InChI is InChI=1S/C30H38/c1-3-5-7-25-9-11-27(12-10-25)17-18-29-19-22-30(23-20-29,24-21-29)28-15-13-26(14-16-28)8-6-4-2/h9-16H,3-8,19-24H2,1-2H3. The molecule has 0 aromatic heterocycles. The van der Waals surface area contributed by atoms with E-state index in [0.717, 1.165) is 0 Å². The Morgan fingerprint density at radius 3 is 1.67 bits per heavy atom. The molecule has 0 unspecified atom stereocenters. The Bertz CT molecular complexity index is 848. The highest BCUT2D eigenvalue weighted by Crippen LogP contribution is 2.57. The first-order chi connectivity index (χ1) is 14.7. The lowest BCUT2D eigenvalue weighted by molar-refractivity contribution is 0.0865. The summed E-state index contributed by atoms with van der Waals surface area (Å²) < 4.78 is 0. The van der Waals surface area contributed by atoms with Crippen molar-refractivity contribution in [2.45, 2.75) is 96.3 Å². The third kappa shape index (κ3) is 4.67. The summed E-state index contributed by atoms with van der Waals surface area (Å²) in [4.78, 5) is 0. The number of unbranched alkanes of at least 4 members (excludes halogenated alkanes) is 2. The molecule has 0 spiro atoms. The van der Waals surface area contributed by atoms with Gasteiger partial charge in [0.05, 0.1) is 0 Å². The molecule has 0 nitrogen and oxygen atoms in total. The van der Waals surface area contributed by atoms with E-state index < -0.39 is 0 Å². The maximum absolute atomic E-state index is 3.75. The molecule has 0 radical (unpaired) electrons. The van der Waals surface area contributed by atoms with Gasteiger partial charge in [-0.1, -0.05) is 74.9 Å². The molecule has 0 heteroatoms. The lowest BCUT2D eigenvalue weighted by Gasteiger charge is -2.51. The van der Waals surface area contributed by atoms with Crippen LogP contribution in [0.4, 0.5) is 0 Å². The molecule has 0 heterocycles. The van der Waals surface area contributed by atoms with E-state index in [1.54, 1.807) is 5.56 Å². The fraction of sp³-hybridized carbons (Fsp3) is 0.533. The average Bonchev–Trinajstić information content (AvgIpc) is 2.82. The quantitative estimate of drug-likeness (QED) is 0.414. The van der Waals surface area contributed by atoms with Crippen LogP contribution in [0.15, 0.2) is 48.5 Å². The summed E-state index contributed by atoms with van der Waals surface area (Å²) in [5, 5.41) is 0. The Morgan fingerprint density at radius 2 is 1.17 bits per heavy atom. The van der Waals surface area contributed by atoms with Crippen molar-refractivity contribution in [2.75, 3.05) is 0 Å². The molecule has 2 bridgehead atoms. The van der Waals surface area contributed by atoms with Crippen LogP contribution < -0.4 is 0 Å². The van der Waals surface area contributed by atoms with Gasteiger partial charge in [-0.15, -0.1) is 0 Å². The summed E-state index contributed by atoms with van der Waals surface area (Å²) in [6, 6.07) is 18.7. The Morgan fingerprint density at radius 1 is 0.667 bits per heavy atom. The molecular weight excluding hydrogens is 360 g/mol. The maximum Gasteiger partial charge on any atom is 0.0319 e. The van der Waals surface area contributed by atoms with Gasteiger partial charge in [0.2, 0.25) is 0 Å². The van der Waals surface area contributed by atoms with Gasteiger partial charge in [-0.3, -0.25) is 0 Å². The Labute approximate surface area is 184 Å². The lowest BCUT2D eigenvalue weighted by Crippen LogP contribution is -2.43. The topological polar surface area (TPSA) is 0 Å². The minimum absolute atomic E-state index is 0.268. The van der Waals surface area contributed by atoms with Crippen LogP contribution in [-0.2, 0) is 18.3 Å². The molecule has 0 saturated heterocycles. The lowest BCUT2D eigenvalue weighted by atomic mass is 9.52. The van der Waals surface area contributed by atoms with Crippen LogP contribution in [0.5, 0.6) is 0 Å². The zero-order valence-electron chi connectivity index (χ0n) is 19.1. The van der Waals surface area contributed by atoms with Gasteiger partial charge in [0.15, 0.2) is 0 Å². The molecular formula is C30H38. The molecule has 0 atom stereocenters. The van der Waals surface area contributed by atoms with Crippen LogP contribution in [-0.4, -0.2) is 0 Å². The van der Waals surface area contributed by atoms with Gasteiger partial charge in [-0.25, -0.2) is 0 Å². The van der Waals surface area contributed by atoms with Crippen molar-refractivity contribution in [3.63, 3.8) is 0 Å². The minimum Gasteiger partial charge on any atom is -0.0911 e. The van der Waals surface area contributed by atoms with Crippen LogP contribution in [0.3, 0.4) is 0 Å². The van der Waals surface area contributed by atoms with Gasteiger partial charge in [-0.2, -0.15) is 0 Å². The highest BCUT2D eigenvalue weighted by atomic mass is 14.5. The predicted molar refractivity (Wildman–Crippen MR) is 129 cm³/mol. The van der Waals surface area contributed by atoms with E-state index in [2.05, 4.69) is 74.2 Å². The Kier molecular flexibility index (Phi) is 6.67. The van der Waals surface area contributed by atoms with Gasteiger partial charge in [0, 0.05) is 11.0 Å². The molecule has 3 aliphatic carbocycles. The van der Waals surface area contributed by atoms with E-state index in [1.165, 1.54) is 93.7 Å². The first-order valence-electron chi connectivity index (χ1n) is 12.4. The van der Waals surface area contributed by atoms with E-state index >= 15 is 0 Å². The van der Waals surface area contributed by atoms with Gasteiger partial charge >= 0.3 is 0 Å². The predicted octanol–water partition coefficient (Wildman–Crippen LogP) is 8.02. The van der Waals surface area contributed by atoms with Crippen molar-refractivity contribution in [1.29, 1.82) is 0 Å². The van der Waals surface area contributed by atoms with Gasteiger partial charge < -0.3 is 0 Å². The van der Waals surface area contributed by atoms with Crippen molar-refractivity contribution in [2.24, 2.45) is 5.41 Å². The van der Waals surface area contributed by atoms with Gasteiger partial charge in [-0.05, 0) is 98.4 Å². The zero-order valence-corrected chi connectivity index (χ0v) is 19.1. The first kappa shape index (κ1) is 21.2. The molecule has 5 rings (SSSR count). The normalized spacial score (nSPS) is 25.0. The second-order valence-electron chi connectivity index (χ2n) is 9.91. The van der Waals surface area contributed by atoms with Crippen LogP contribution in [0, 0.1) is 17.3 Å². The molecule has 158 valence electrons. The molecule has 2 aromatic rings. The summed E-state index contributed by atoms with van der Waals surface area (Å²) in [5.74, 6) is 7.30. The second-order valence-corrected chi connectivity index (χ2v) is 9.91. The summed E-state index contributed by atoms with van der Waals surface area (Å²) >= 11 is 0. The molecule has 0 N–H and O–H groups in total. The number of fused-ring (bicyclic) bond motifs is 3. The van der Waals surface area contributed by atoms with Crippen molar-refractivity contribution in [3.05, 3.63) is 70.8 Å². The molecule has 3 saturated carbocycles. The highest BCUT2D eigenvalue weighted by Gasteiger charge is 2.48. The number of rotatable bonds is 7. The van der Waals surface area contributed by atoms with E-state index in [1.807, 2.05) is 0 Å². The van der Waals surface area contributed by atoms with Crippen molar-refractivity contribution < 1.29 is 0 Å². The van der Waals surface area contributed by atoms with E-state index in [0.29, 0.717) is 5.41 Å². The van der Waals surface area contributed by atoms with Crippen LogP contribution in [0.2, 0.25) is 0 Å². The van der Waals surface area contributed by atoms with Crippen LogP contribution >= 0.6 is 0 Å². The van der Waals surface area contributed by atoms with Crippen molar-refractivity contribution in [1.82, 2.24) is 0 Å². The molecule has 0 amide bonds. The van der Waals surface area contributed by atoms with Crippen LogP contribution in [0.25, 0.3) is 0 Å². The number of benzene rings is 2. The SMILES string of the molecule is CCCCc1ccc(C#CC23CCC(c4ccc(CCCC)cc4)(CC2)CC3)cc1. The van der Waals surface area contributed by atoms with Crippen LogP contribution in [0.1, 0.15) is 100 Å². The number of aryl methyl sites for hydroxylation is 2. The third-order valence-corrected chi connectivity index (χ3v) is 7.88. The van der Waals surface area contributed by atoms with E-state index in [-0.39, 0.29) is 5.41 Å². The smallest absolute Gasteiger partial charge is 0.0319 e. The Hall–Kier alpha value is -2.00. The minimum atomic E-state index is 0.268. The fourth-order valence-corrected chi connectivity index (χ4v) is 5.55. The molecule has 3 fully saturated rings. The molecule has 30 heavy (non-hydrogen) atoms. The molecule has 0 aliphatic heterocycles. The summed E-state index contributed by atoms with van der Waals surface area (Å²) in [5.41, 5.74) is 6.42. The van der Waals surface area contributed by atoms with Crippen molar-refractivity contribution in [3.8, 4) is 11.8 Å². The maximum atomic E-state index is 3.75. The molecule has 2 aromatic carbocycles. The first-order valence-corrected chi connectivity index (χ1v) is 12.4. The Balaban J connectivity index is 1.40. The monoisotopic (exact) mass is 398 g/mol. The van der Waals surface area contributed by atoms with E-state index in [9.17, 15) is 0 Å². The van der Waals surface area contributed by atoms with Gasteiger partial charge in [0.25, 0.3) is 0 Å². The zero-order chi connectivity index (χ0) is 20.9. The summed E-state index contributed by atoms with van der Waals surface area (Å²) in [7, 11) is 0.